The number of carbonyl (C=O) groups excluding carboxylic acids is 1. The number of hydrogen-bond acceptors (Lipinski definition) is 5. The van der Waals surface area contributed by atoms with E-state index >= 15 is 0 Å². The zero-order valence-electron chi connectivity index (χ0n) is 13.8. The number of thiocarbonyl (C=S) groups is 1. The van der Waals surface area contributed by atoms with E-state index in [9.17, 15) is 9.90 Å². The van der Waals surface area contributed by atoms with Gasteiger partial charge < -0.3 is 14.6 Å². The fourth-order valence-electron chi connectivity index (χ4n) is 1.67. The zero-order chi connectivity index (χ0) is 17.5. The Morgan fingerprint density at radius 2 is 1.83 bits per heavy atom. The molecule has 0 bridgehead atoms. The molecule has 0 aliphatic heterocycles. The van der Waals surface area contributed by atoms with Gasteiger partial charge in [0.2, 0.25) is 5.05 Å². The van der Waals surface area contributed by atoms with Crippen molar-refractivity contribution in [1.29, 1.82) is 0 Å². The van der Waals surface area contributed by atoms with Crippen LogP contribution in [0.1, 0.15) is 33.3 Å². The van der Waals surface area contributed by atoms with Gasteiger partial charge in [0.1, 0.15) is 5.60 Å². The minimum absolute atomic E-state index is 0.0231. The summed E-state index contributed by atoms with van der Waals surface area (Å²) in [5.74, 6) is -0.682. The molecule has 0 aliphatic rings. The van der Waals surface area contributed by atoms with E-state index in [1.54, 1.807) is 19.1 Å². The molecule has 0 aliphatic carbocycles. The van der Waals surface area contributed by atoms with Crippen molar-refractivity contribution >= 4 is 28.8 Å². The predicted octanol–water partition coefficient (Wildman–Crippen LogP) is 4.22. The van der Waals surface area contributed by atoms with Gasteiger partial charge in [-0.15, -0.1) is 0 Å². The Labute approximate surface area is 142 Å². The van der Waals surface area contributed by atoms with Crippen molar-refractivity contribution in [2.24, 2.45) is 0 Å². The molecule has 124 valence electrons. The summed E-state index contributed by atoms with van der Waals surface area (Å²) in [7, 11) is 0. The monoisotopic (exact) mass is 334 g/mol. The van der Waals surface area contributed by atoms with Crippen LogP contribution < -0.4 is 0 Å². The number of ether oxygens (including phenoxy) is 2. The molecule has 0 atom stereocenters. The van der Waals surface area contributed by atoms with E-state index < -0.39 is 11.6 Å². The first-order chi connectivity index (χ1) is 10.7. The lowest BCUT2D eigenvalue weighted by molar-refractivity contribution is -0.136. The van der Waals surface area contributed by atoms with Crippen LogP contribution in [-0.2, 0) is 14.3 Å². The van der Waals surface area contributed by atoms with Gasteiger partial charge in [-0.2, -0.15) is 0 Å². The Morgan fingerprint density at radius 1 is 1.22 bits per heavy atom. The SMILES string of the molecule is CCOC(=O)C(=CC=C(O)C(=S)OC(C)(C)C)c1ccccc1. The van der Waals surface area contributed by atoms with Gasteiger partial charge in [0.15, 0.2) is 5.76 Å². The van der Waals surface area contributed by atoms with Crippen LogP contribution in [0.5, 0.6) is 0 Å². The Kier molecular flexibility index (Phi) is 6.97. The normalized spacial score (nSPS) is 12.7. The number of benzene rings is 1. The van der Waals surface area contributed by atoms with Gasteiger partial charge in [-0.1, -0.05) is 30.3 Å². The highest BCUT2D eigenvalue weighted by atomic mass is 32.1. The van der Waals surface area contributed by atoms with Crippen molar-refractivity contribution in [2.75, 3.05) is 6.61 Å². The van der Waals surface area contributed by atoms with E-state index in [0.29, 0.717) is 11.1 Å². The van der Waals surface area contributed by atoms with E-state index in [0.717, 1.165) is 0 Å². The Hall–Kier alpha value is -2.14. The average molecular weight is 334 g/mol. The molecule has 1 N–H and O–H groups in total. The Balaban J connectivity index is 3.07. The van der Waals surface area contributed by atoms with Crippen LogP contribution in [0.15, 0.2) is 48.2 Å². The molecular weight excluding hydrogens is 312 g/mol. The van der Waals surface area contributed by atoms with Crippen LogP contribution in [-0.4, -0.2) is 28.3 Å². The van der Waals surface area contributed by atoms with Gasteiger partial charge in [0.25, 0.3) is 0 Å². The first kappa shape index (κ1) is 18.9. The summed E-state index contributed by atoms with van der Waals surface area (Å²) in [4.78, 5) is 12.1. The first-order valence-electron chi connectivity index (χ1n) is 7.31. The second kappa shape index (κ2) is 8.48. The number of hydrogen-bond donors (Lipinski definition) is 1. The predicted molar refractivity (Wildman–Crippen MR) is 95.2 cm³/mol. The summed E-state index contributed by atoms with van der Waals surface area (Å²) in [6.45, 7) is 7.49. The van der Waals surface area contributed by atoms with Gasteiger partial charge in [-0.3, -0.25) is 0 Å². The molecular formula is C18H22O4S. The molecule has 5 heteroatoms. The number of rotatable bonds is 5. The third-order valence-corrected chi connectivity index (χ3v) is 2.89. The van der Waals surface area contributed by atoms with Crippen LogP contribution >= 0.6 is 12.2 Å². The molecule has 1 aromatic carbocycles. The molecule has 23 heavy (non-hydrogen) atoms. The van der Waals surface area contributed by atoms with E-state index in [1.165, 1.54) is 12.2 Å². The fraction of sp³-hybridized carbons (Fsp3) is 0.333. The summed E-state index contributed by atoms with van der Waals surface area (Å²) in [5.41, 5.74) is 0.515. The van der Waals surface area contributed by atoms with Crippen molar-refractivity contribution in [1.82, 2.24) is 0 Å². The molecule has 0 radical (unpaired) electrons. The largest absolute Gasteiger partial charge is 0.504 e. The summed E-state index contributed by atoms with van der Waals surface area (Å²) < 4.78 is 10.5. The van der Waals surface area contributed by atoms with Gasteiger partial charge in [-0.05, 0) is 57.6 Å². The Bertz CT molecular complexity index is 610. The van der Waals surface area contributed by atoms with Gasteiger partial charge in [0, 0.05) is 0 Å². The highest BCUT2D eigenvalue weighted by Crippen LogP contribution is 2.17. The molecule has 1 rings (SSSR count). The topological polar surface area (TPSA) is 55.8 Å². The van der Waals surface area contributed by atoms with Crippen molar-refractivity contribution in [2.45, 2.75) is 33.3 Å². The molecule has 0 aromatic heterocycles. The van der Waals surface area contributed by atoms with E-state index in [4.69, 9.17) is 21.7 Å². The fourth-order valence-corrected chi connectivity index (χ4v) is 1.99. The van der Waals surface area contributed by atoms with Crippen LogP contribution in [0.3, 0.4) is 0 Å². The number of carbonyl (C=O) groups is 1. The lowest BCUT2D eigenvalue weighted by Gasteiger charge is -2.20. The Morgan fingerprint density at radius 3 is 2.35 bits per heavy atom. The molecule has 0 spiro atoms. The van der Waals surface area contributed by atoms with Crippen LogP contribution in [0.25, 0.3) is 5.57 Å². The number of aliphatic hydroxyl groups excluding tert-OH is 1. The second-order valence-electron chi connectivity index (χ2n) is 5.72. The molecule has 0 saturated carbocycles. The number of aliphatic hydroxyl groups is 1. The molecule has 0 heterocycles. The van der Waals surface area contributed by atoms with Crippen molar-refractivity contribution in [3.63, 3.8) is 0 Å². The van der Waals surface area contributed by atoms with Gasteiger partial charge >= 0.3 is 5.97 Å². The quantitative estimate of drug-likeness (QED) is 0.287. The third-order valence-electron chi connectivity index (χ3n) is 2.60. The summed E-state index contributed by atoms with van der Waals surface area (Å²) in [5, 5.41) is 9.96. The number of esters is 1. The van der Waals surface area contributed by atoms with Crippen LogP contribution in [0, 0.1) is 0 Å². The van der Waals surface area contributed by atoms with E-state index in [1.807, 2.05) is 39.0 Å². The lowest BCUT2D eigenvalue weighted by atomic mass is 10.1. The average Bonchev–Trinajstić information content (AvgIpc) is 2.47. The van der Waals surface area contributed by atoms with Crippen LogP contribution in [0.4, 0.5) is 0 Å². The van der Waals surface area contributed by atoms with Crippen molar-refractivity contribution in [3.8, 4) is 0 Å². The lowest BCUT2D eigenvalue weighted by Crippen LogP contribution is -2.23. The molecule has 4 nitrogen and oxygen atoms in total. The molecule has 0 unspecified atom stereocenters. The minimum atomic E-state index is -0.508. The summed E-state index contributed by atoms with van der Waals surface area (Å²) in [6, 6.07) is 9.07. The third kappa shape index (κ3) is 6.65. The highest BCUT2D eigenvalue weighted by molar-refractivity contribution is 7.80. The van der Waals surface area contributed by atoms with E-state index in [-0.39, 0.29) is 17.4 Å². The van der Waals surface area contributed by atoms with Crippen molar-refractivity contribution in [3.05, 3.63) is 53.8 Å². The molecule has 0 amide bonds. The molecule has 0 saturated heterocycles. The standard InChI is InChI=1S/C18H22O4S/c1-5-21-16(20)14(13-9-7-6-8-10-13)11-12-15(19)17(23)22-18(2,3)4/h6-12,19H,5H2,1-4H3. The first-order valence-corrected chi connectivity index (χ1v) is 7.72. The maximum atomic E-state index is 12.1. The van der Waals surface area contributed by atoms with Gasteiger partial charge in [0.05, 0.1) is 12.2 Å². The molecule has 1 aromatic rings. The zero-order valence-corrected chi connectivity index (χ0v) is 14.6. The van der Waals surface area contributed by atoms with Gasteiger partial charge in [-0.25, -0.2) is 4.79 Å². The maximum absolute atomic E-state index is 12.1. The summed E-state index contributed by atoms with van der Waals surface area (Å²) in [6.07, 6.45) is 2.81. The van der Waals surface area contributed by atoms with E-state index in [2.05, 4.69) is 0 Å². The highest BCUT2D eigenvalue weighted by Gasteiger charge is 2.16. The molecule has 0 fully saturated rings. The van der Waals surface area contributed by atoms with Crippen LogP contribution in [0.2, 0.25) is 0 Å². The smallest absolute Gasteiger partial charge is 0.338 e. The minimum Gasteiger partial charge on any atom is -0.504 e. The maximum Gasteiger partial charge on any atom is 0.338 e. The summed E-state index contributed by atoms with van der Waals surface area (Å²) >= 11 is 5.02. The second-order valence-corrected chi connectivity index (χ2v) is 6.09. The number of allylic oxidation sites excluding steroid dienone is 2. The van der Waals surface area contributed by atoms with Crippen molar-refractivity contribution < 1.29 is 19.4 Å².